The molecule has 1 heterocycles. The third kappa shape index (κ3) is 4.17. The fourth-order valence-electron chi connectivity index (χ4n) is 2.22. The number of esters is 1. The number of allylic oxidation sites excluding steroid dienone is 1. The number of Topliss-reactive ketones (excluding diaryl/α,β-unsaturated/α-hetero) is 1. The van der Waals surface area contributed by atoms with Gasteiger partial charge in [-0.2, -0.15) is 0 Å². The number of hydrogen-bond acceptors (Lipinski definition) is 6. The van der Waals surface area contributed by atoms with Gasteiger partial charge in [0.2, 0.25) is 0 Å². The zero-order valence-corrected chi connectivity index (χ0v) is 13.6. The van der Waals surface area contributed by atoms with E-state index >= 15 is 0 Å². The summed E-state index contributed by atoms with van der Waals surface area (Å²) in [6.45, 7) is 1.99. The quantitative estimate of drug-likeness (QED) is 0.362. The minimum absolute atomic E-state index is 0.0651. The van der Waals surface area contributed by atoms with Gasteiger partial charge >= 0.3 is 5.97 Å². The van der Waals surface area contributed by atoms with Crippen molar-refractivity contribution in [3.8, 4) is 5.69 Å². The summed E-state index contributed by atoms with van der Waals surface area (Å²) in [5.74, 6) is -2.21. The summed E-state index contributed by atoms with van der Waals surface area (Å²) in [6, 6.07) is 5.42. The fraction of sp³-hybridized carbons (Fsp3) is 0.176. The second-order valence-corrected chi connectivity index (χ2v) is 5.20. The molecule has 25 heavy (non-hydrogen) atoms. The molecule has 0 unspecified atom stereocenters. The molecular weight excluding hydrogens is 329 g/mol. The molecule has 2 aromatic rings. The monoisotopic (exact) mass is 345 g/mol. The fourth-order valence-corrected chi connectivity index (χ4v) is 2.22. The number of aliphatic hydroxyl groups is 1. The van der Waals surface area contributed by atoms with E-state index in [9.17, 15) is 19.1 Å². The highest BCUT2D eigenvalue weighted by molar-refractivity contribution is 6.19. The van der Waals surface area contributed by atoms with Gasteiger partial charge in [-0.25, -0.2) is 14.2 Å². The van der Waals surface area contributed by atoms with Crippen LogP contribution in [0.25, 0.3) is 5.69 Å². The molecule has 0 saturated carbocycles. The molecular formula is C17H16FN3O4. The van der Waals surface area contributed by atoms with Crippen LogP contribution in [0.3, 0.4) is 0 Å². The molecule has 0 aliphatic heterocycles. The Bertz CT molecular complexity index is 837. The molecule has 0 aliphatic carbocycles. The van der Waals surface area contributed by atoms with E-state index in [1.54, 1.807) is 0 Å². The molecule has 0 bridgehead atoms. The number of nitrogens with one attached hydrogen (secondary N) is 1. The van der Waals surface area contributed by atoms with Crippen LogP contribution >= 0.6 is 0 Å². The summed E-state index contributed by atoms with van der Waals surface area (Å²) in [7, 11) is 0. The average Bonchev–Trinajstić information content (AvgIpc) is 3.02. The number of imidazole rings is 1. The van der Waals surface area contributed by atoms with E-state index in [0.29, 0.717) is 5.69 Å². The Labute approximate surface area is 142 Å². The maximum Gasteiger partial charge on any atom is 0.357 e. The molecule has 1 aromatic carbocycles. The Morgan fingerprint density at radius 1 is 1.28 bits per heavy atom. The Hall–Kier alpha value is -3.29. The third-order valence-electron chi connectivity index (χ3n) is 3.31. The van der Waals surface area contributed by atoms with Crippen LogP contribution in [-0.4, -0.2) is 38.7 Å². The molecule has 1 aromatic heterocycles. The predicted molar refractivity (Wildman–Crippen MR) is 87.5 cm³/mol. The molecule has 130 valence electrons. The second kappa shape index (κ2) is 7.52. The van der Waals surface area contributed by atoms with Crippen molar-refractivity contribution in [2.75, 3.05) is 6.61 Å². The van der Waals surface area contributed by atoms with Crippen molar-refractivity contribution >= 4 is 17.5 Å². The molecule has 7 nitrogen and oxygen atoms in total. The van der Waals surface area contributed by atoms with Gasteiger partial charge in [0.25, 0.3) is 0 Å². The lowest BCUT2D eigenvalue weighted by atomic mass is 10.1. The van der Waals surface area contributed by atoms with E-state index in [4.69, 9.17) is 10.1 Å². The smallest absolute Gasteiger partial charge is 0.357 e. The second-order valence-electron chi connectivity index (χ2n) is 5.20. The first-order valence-electron chi connectivity index (χ1n) is 7.25. The zero-order valence-electron chi connectivity index (χ0n) is 13.6. The number of carbonyl (C=O) groups is 2. The minimum atomic E-state index is -0.793. The van der Waals surface area contributed by atoms with Crippen LogP contribution in [0, 0.1) is 11.2 Å². The normalized spacial score (nSPS) is 11.6. The summed E-state index contributed by atoms with van der Waals surface area (Å²) in [4.78, 5) is 27.5. The number of halogens is 1. The first-order chi connectivity index (χ1) is 11.8. The number of ketones is 1. The van der Waals surface area contributed by atoms with Crippen molar-refractivity contribution in [1.82, 2.24) is 9.55 Å². The topological polar surface area (TPSA) is 105 Å². The number of carbonyl (C=O) groups excluding carboxylic acids is 2. The average molecular weight is 345 g/mol. The van der Waals surface area contributed by atoms with Crippen molar-refractivity contribution in [2.45, 2.75) is 13.8 Å². The van der Waals surface area contributed by atoms with Crippen molar-refractivity contribution in [1.29, 1.82) is 5.41 Å². The Balaban J connectivity index is 2.19. The molecule has 0 atom stereocenters. The number of hydrogen-bond donors (Lipinski definition) is 2. The third-order valence-corrected chi connectivity index (χ3v) is 3.31. The molecule has 0 spiro atoms. The molecule has 0 amide bonds. The van der Waals surface area contributed by atoms with Crippen molar-refractivity contribution in [3.63, 3.8) is 0 Å². The summed E-state index contributed by atoms with van der Waals surface area (Å²) in [5.41, 5.74) is 0.248. The van der Waals surface area contributed by atoms with Gasteiger partial charge < -0.3 is 15.3 Å². The van der Waals surface area contributed by atoms with E-state index in [1.807, 2.05) is 0 Å². The van der Waals surface area contributed by atoms with Gasteiger partial charge in [-0.15, -0.1) is 0 Å². The summed E-state index contributed by atoms with van der Waals surface area (Å²) in [6.07, 6.45) is 2.63. The molecule has 0 fully saturated rings. The van der Waals surface area contributed by atoms with E-state index in [0.717, 1.165) is 0 Å². The maximum absolute atomic E-state index is 13.0. The van der Waals surface area contributed by atoms with Crippen LogP contribution in [0.1, 0.15) is 24.3 Å². The number of benzene rings is 1. The first kappa shape index (κ1) is 18.1. The first-order valence-corrected chi connectivity index (χ1v) is 7.25. The maximum atomic E-state index is 13.0. The van der Waals surface area contributed by atoms with Crippen LogP contribution in [0.15, 0.2) is 48.1 Å². The van der Waals surface area contributed by atoms with Gasteiger partial charge in [0.15, 0.2) is 11.5 Å². The number of ether oxygens (including phenoxy) is 1. The summed E-state index contributed by atoms with van der Waals surface area (Å²) >= 11 is 0. The predicted octanol–water partition coefficient (Wildman–Crippen LogP) is 2.61. The Kier molecular flexibility index (Phi) is 5.43. The van der Waals surface area contributed by atoms with Gasteiger partial charge in [0.1, 0.15) is 18.2 Å². The van der Waals surface area contributed by atoms with Gasteiger partial charge in [-0.1, -0.05) is 0 Å². The van der Waals surface area contributed by atoms with Gasteiger partial charge in [-0.3, -0.25) is 9.36 Å². The highest BCUT2D eigenvalue weighted by Crippen LogP contribution is 2.14. The van der Waals surface area contributed by atoms with E-state index in [2.05, 4.69) is 4.98 Å². The van der Waals surface area contributed by atoms with Gasteiger partial charge in [0, 0.05) is 11.4 Å². The minimum Gasteiger partial charge on any atom is -0.508 e. The zero-order chi connectivity index (χ0) is 18.6. The summed E-state index contributed by atoms with van der Waals surface area (Å²) < 4.78 is 19.4. The number of nitrogens with zero attached hydrogens (tertiary/aromatic N) is 2. The molecule has 8 heteroatoms. The highest BCUT2D eigenvalue weighted by Gasteiger charge is 2.18. The number of aromatic nitrogens is 2. The SMILES string of the molecule is CC(=N)/C(C(C)=O)=C(/O)COC(=O)c1cncn1-c1ccc(F)cc1. The van der Waals surface area contributed by atoms with Gasteiger partial charge in [0.05, 0.1) is 18.1 Å². The van der Waals surface area contributed by atoms with Gasteiger partial charge in [-0.05, 0) is 38.1 Å². The molecule has 2 rings (SSSR count). The standard InChI is InChI=1S/C17H16FN3O4/c1-10(19)16(11(2)22)15(23)8-25-17(24)14-7-20-9-21(14)13-5-3-12(18)4-6-13/h3-7,9,19,23H,8H2,1-2H3/b16-15-,19-10?. The number of rotatable bonds is 6. The highest BCUT2D eigenvalue weighted by atomic mass is 19.1. The van der Waals surface area contributed by atoms with Crippen LogP contribution in [0.4, 0.5) is 4.39 Å². The van der Waals surface area contributed by atoms with Crippen molar-refractivity contribution in [2.24, 2.45) is 0 Å². The van der Waals surface area contributed by atoms with Crippen LogP contribution in [0.5, 0.6) is 0 Å². The summed E-state index contributed by atoms with van der Waals surface area (Å²) in [5, 5.41) is 17.4. The number of aliphatic hydroxyl groups excluding tert-OH is 1. The van der Waals surface area contributed by atoms with Crippen molar-refractivity contribution < 1.29 is 23.8 Å². The van der Waals surface area contributed by atoms with E-state index < -0.39 is 29.9 Å². The Morgan fingerprint density at radius 2 is 1.92 bits per heavy atom. The van der Waals surface area contributed by atoms with E-state index in [-0.39, 0.29) is 17.0 Å². The lowest BCUT2D eigenvalue weighted by molar-refractivity contribution is -0.113. The molecule has 0 saturated heterocycles. The Morgan fingerprint density at radius 3 is 2.48 bits per heavy atom. The van der Waals surface area contributed by atoms with Crippen LogP contribution in [0.2, 0.25) is 0 Å². The largest absolute Gasteiger partial charge is 0.508 e. The van der Waals surface area contributed by atoms with E-state index in [1.165, 1.54) is 55.2 Å². The molecule has 0 aliphatic rings. The molecule has 2 N–H and O–H groups in total. The van der Waals surface area contributed by atoms with Crippen LogP contribution < -0.4 is 0 Å². The molecule has 0 radical (unpaired) electrons. The van der Waals surface area contributed by atoms with Crippen molar-refractivity contribution in [3.05, 3.63) is 59.6 Å². The lowest BCUT2D eigenvalue weighted by Crippen LogP contribution is -2.16. The lowest BCUT2D eigenvalue weighted by Gasteiger charge is -2.10. The van der Waals surface area contributed by atoms with Crippen LogP contribution in [-0.2, 0) is 9.53 Å².